The fourth-order valence-electron chi connectivity index (χ4n) is 3.29. The first kappa shape index (κ1) is 19.2. The number of benzene rings is 3. The molecule has 4 nitrogen and oxygen atoms in total. The maximum absolute atomic E-state index is 12.9. The highest BCUT2D eigenvalue weighted by molar-refractivity contribution is 6.37. The lowest BCUT2D eigenvalue weighted by molar-refractivity contribution is 0.101. The van der Waals surface area contributed by atoms with E-state index < -0.39 is 5.78 Å². The number of carbonyl (C=O) groups is 2. The molecule has 144 valence electrons. The number of rotatable bonds is 4. The molecule has 0 saturated carbocycles. The van der Waals surface area contributed by atoms with Gasteiger partial charge in [0.1, 0.15) is 5.58 Å². The van der Waals surface area contributed by atoms with Crippen molar-refractivity contribution in [3.63, 3.8) is 0 Å². The predicted octanol–water partition coefficient (Wildman–Crippen LogP) is 6.42. The normalized spacial score (nSPS) is 11.0. The van der Waals surface area contributed by atoms with Gasteiger partial charge in [0.05, 0.1) is 10.7 Å². The number of Topliss-reactive ketones (excluding diaryl/α,β-unsaturated/α-hetero) is 1. The van der Waals surface area contributed by atoms with E-state index in [1.807, 2.05) is 24.3 Å². The van der Waals surface area contributed by atoms with Crippen molar-refractivity contribution in [1.82, 2.24) is 0 Å². The fraction of sp³-hybridized carbons (Fsp3) is 0.0435. The molecule has 29 heavy (non-hydrogen) atoms. The number of furan rings is 1. The van der Waals surface area contributed by atoms with Crippen LogP contribution in [0.25, 0.3) is 22.1 Å². The van der Waals surface area contributed by atoms with Gasteiger partial charge in [-0.1, -0.05) is 53.5 Å². The first-order chi connectivity index (χ1) is 13.9. The molecule has 2 N–H and O–H groups in total. The Hall–Kier alpha value is -3.08. The van der Waals surface area contributed by atoms with Crippen molar-refractivity contribution in [3.8, 4) is 11.1 Å². The zero-order chi connectivity index (χ0) is 20.7. The molecule has 1 aromatic heterocycles. The summed E-state index contributed by atoms with van der Waals surface area (Å²) in [6, 6.07) is 17.3. The topological polar surface area (TPSA) is 73.3 Å². The Morgan fingerprint density at radius 2 is 1.69 bits per heavy atom. The molecular weight excluding hydrogens is 409 g/mol. The molecule has 4 rings (SSSR count). The number of carbonyl (C=O) groups excluding carboxylic acids is 2. The molecule has 1 heterocycles. The van der Waals surface area contributed by atoms with Gasteiger partial charge in [-0.25, -0.2) is 0 Å². The standard InChI is InChI=1S/C23H15Cl2NO3/c1-12(27)15-4-2-3-5-16(15)13-6-8-18-20(10-13)29-23(21(18)26)22(28)17-9-7-14(24)11-19(17)25/h2-11H,26H2,1H3. The van der Waals surface area contributed by atoms with Gasteiger partial charge in [-0.3, -0.25) is 9.59 Å². The van der Waals surface area contributed by atoms with Gasteiger partial charge in [0.25, 0.3) is 0 Å². The molecule has 0 amide bonds. The Kier molecular flexibility index (Phi) is 4.91. The predicted molar refractivity (Wildman–Crippen MR) is 116 cm³/mol. The third-order valence-corrected chi connectivity index (χ3v) is 5.28. The molecule has 0 aliphatic heterocycles. The summed E-state index contributed by atoms with van der Waals surface area (Å²) in [5.41, 5.74) is 9.31. The van der Waals surface area contributed by atoms with E-state index in [1.165, 1.54) is 19.1 Å². The molecular formula is C23H15Cl2NO3. The van der Waals surface area contributed by atoms with Crippen LogP contribution in [-0.2, 0) is 0 Å². The number of nitrogens with two attached hydrogens (primary N) is 1. The molecule has 0 aliphatic carbocycles. The van der Waals surface area contributed by atoms with Crippen LogP contribution in [0.4, 0.5) is 5.69 Å². The van der Waals surface area contributed by atoms with Crippen LogP contribution in [0.15, 0.2) is 65.1 Å². The zero-order valence-corrected chi connectivity index (χ0v) is 16.8. The SMILES string of the molecule is CC(=O)c1ccccc1-c1ccc2c(N)c(C(=O)c3ccc(Cl)cc3Cl)oc2c1. The second-order valence-electron chi connectivity index (χ2n) is 6.61. The van der Waals surface area contributed by atoms with Gasteiger partial charge in [-0.15, -0.1) is 0 Å². The highest BCUT2D eigenvalue weighted by Gasteiger charge is 2.22. The Morgan fingerprint density at radius 1 is 0.931 bits per heavy atom. The van der Waals surface area contributed by atoms with Gasteiger partial charge in [-0.2, -0.15) is 0 Å². The summed E-state index contributed by atoms with van der Waals surface area (Å²) in [4.78, 5) is 24.9. The van der Waals surface area contributed by atoms with Gasteiger partial charge in [0, 0.05) is 21.5 Å². The van der Waals surface area contributed by atoms with Crippen LogP contribution in [0.3, 0.4) is 0 Å². The monoisotopic (exact) mass is 423 g/mol. The summed E-state index contributed by atoms with van der Waals surface area (Å²) in [5.74, 6) is -0.444. The van der Waals surface area contributed by atoms with Crippen LogP contribution in [0.5, 0.6) is 0 Å². The summed E-state index contributed by atoms with van der Waals surface area (Å²) in [6.07, 6.45) is 0. The zero-order valence-electron chi connectivity index (χ0n) is 15.3. The number of fused-ring (bicyclic) bond motifs is 1. The average Bonchev–Trinajstić information content (AvgIpc) is 3.03. The van der Waals surface area contributed by atoms with E-state index in [2.05, 4.69) is 0 Å². The van der Waals surface area contributed by atoms with Crippen molar-refractivity contribution in [3.05, 3.63) is 87.6 Å². The van der Waals surface area contributed by atoms with Crippen LogP contribution in [0.2, 0.25) is 10.0 Å². The Labute approximate surface area is 176 Å². The largest absolute Gasteiger partial charge is 0.450 e. The smallest absolute Gasteiger partial charge is 0.231 e. The summed E-state index contributed by atoms with van der Waals surface area (Å²) < 4.78 is 5.81. The highest BCUT2D eigenvalue weighted by atomic mass is 35.5. The van der Waals surface area contributed by atoms with Crippen LogP contribution >= 0.6 is 23.2 Å². The lowest BCUT2D eigenvalue weighted by atomic mass is 9.97. The molecule has 0 aliphatic rings. The third-order valence-electron chi connectivity index (χ3n) is 4.73. The molecule has 0 saturated heterocycles. The van der Waals surface area contributed by atoms with Crippen molar-refractivity contribution < 1.29 is 14.0 Å². The minimum Gasteiger partial charge on any atom is -0.450 e. The number of nitrogen functional groups attached to an aromatic ring is 1. The van der Waals surface area contributed by atoms with Crippen LogP contribution in [-0.4, -0.2) is 11.6 Å². The second kappa shape index (κ2) is 7.39. The third kappa shape index (κ3) is 3.41. The minimum atomic E-state index is -0.425. The lowest BCUT2D eigenvalue weighted by Crippen LogP contribution is -2.03. The Balaban J connectivity index is 1.83. The maximum Gasteiger partial charge on any atom is 0.231 e. The van der Waals surface area contributed by atoms with E-state index in [-0.39, 0.29) is 27.8 Å². The molecule has 0 spiro atoms. The van der Waals surface area contributed by atoms with E-state index in [4.69, 9.17) is 33.4 Å². The van der Waals surface area contributed by atoms with Gasteiger partial charge in [0.2, 0.25) is 5.78 Å². The van der Waals surface area contributed by atoms with Crippen molar-refractivity contribution in [1.29, 1.82) is 0 Å². The molecule has 6 heteroatoms. The molecule has 4 aromatic rings. The number of anilines is 1. The number of hydrogen-bond donors (Lipinski definition) is 1. The molecule has 0 atom stereocenters. The van der Waals surface area contributed by atoms with E-state index in [9.17, 15) is 9.59 Å². The summed E-state index contributed by atoms with van der Waals surface area (Å²) in [7, 11) is 0. The molecule has 0 bridgehead atoms. The van der Waals surface area contributed by atoms with E-state index in [0.29, 0.717) is 21.6 Å². The van der Waals surface area contributed by atoms with Crippen molar-refractivity contribution >= 4 is 51.4 Å². The Bertz CT molecular complexity index is 1290. The average molecular weight is 424 g/mol. The molecule has 0 radical (unpaired) electrons. The number of hydrogen-bond acceptors (Lipinski definition) is 4. The van der Waals surface area contributed by atoms with Crippen molar-refractivity contribution in [2.24, 2.45) is 0 Å². The van der Waals surface area contributed by atoms with Crippen LogP contribution < -0.4 is 5.73 Å². The van der Waals surface area contributed by atoms with Crippen LogP contribution in [0.1, 0.15) is 33.4 Å². The van der Waals surface area contributed by atoms with Gasteiger partial charge >= 0.3 is 0 Å². The summed E-state index contributed by atoms with van der Waals surface area (Å²) >= 11 is 12.1. The number of halogens is 2. The van der Waals surface area contributed by atoms with E-state index >= 15 is 0 Å². The van der Waals surface area contributed by atoms with Gasteiger partial charge in [0.15, 0.2) is 11.5 Å². The first-order valence-corrected chi connectivity index (χ1v) is 9.54. The molecule has 0 unspecified atom stereocenters. The van der Waals surface area contributed by atoms with Gasteiger partial charge in [-0.05, 0) is 48.4 Å². The summed E-state index contributed by atoms with van der Waals surface area (Å²) in [5, 5.41) is 1.26. The second-order valence-corrected chi connectivity index (χ2v) is 7.45. The van der Waals surface area contributed by atoms with E-state index in [1.54, 1.807) is 24.3 Å². The lowest BCUT2D eigenvalue weighted by Gasteiger charge is -2.06. The fourth-order valence-corrected chi connectivity index (χ4v) is 3.78. The highest BCUT2D eigenvalue weighted by Crippen LogP contribution is 2.35. The minimum absolute atomic E-state index is 0.0150. The van der Waals surface area contributed by atoms with Gasteiger partial charge < -0.3 is 10.2 Å². The first-order valence-electron chi connectivity index (χ1n) is 8.79. The Morgan fingerprint density at radius 3 is 2.41 bits per heavy atom. The quantitative estimate of drug-likeness (QED) is 0.384. The van der Waals surface area contributed by atoms with E-state index in [0.717, 1.165) is 11.1 Å². The maximum atomic E-state index is 12.9. The summed E-state index contributed by atoms with van der Waals surface area (Å²) in [6.45, 7) is 1.52. The van der Waals surface area contributed by atoms with Crippen molar-refractivity contribution in [2.45, 2.75) is 6.92 Å². The number of ketones is 2. The molecule has 3 aromatic carbocycles. The van der Waals surface area contributed by atoms with Crippen molar-refractivity contribution in [2.75, 3.05) is 5.73 Å². The van der Waals surface area contributed by atoms with Crippen LogP contribution in [0, 0.1) is 0 Å². The molecule has 0 fully saturated rings.